The van der Waals surface area contributed by atoms with Gasteiger partial charge in [0.25, 0.3) is 5.91 Å². The predicted molar refractivity (Wildman–Crippen MR) is 87.3 cm³/mol. The van der Waals surface area contributed by atoms with Gasteiger partial charge < -0.3 is 15.2 Å². The molecule has 0 bridgehead atoms. The van der Waals surface area contributed by atoms with Crippen LogP contribution in [-0.2, 0) is 0 Å². The molecular weight excluding hydrogens is 296 g/mol. The Bertz CT molecular complexity index is 661. The largest absolute Gasteiger partial charge is 0.352 e. The van der Waals surface area contributed by atoms with Gasteiger partial charge in [0, 0.05) is 26.2 Å². The molecule has 0 spiro atoms. The second-order valence-electron chi connectivity index (χ2n) is 5.66. The van der Waals surface area contributed by atoms with E-state index in [-0.39, 0.29) is 29.6 Å². The summed E-state index contributed by atoms with van der Waals surface area (Å²) in [6, 6.07) is -0.0298. The van der Waals surface area contributed by atoms with Gasteiger partial charge in [0.05, 0.1) is 11.9 Å². The van der Waals surface area contributed by atoms with E-state index >= 15 is 0 Å². The zero-order valence-electron chi connectivity index (χ0n) is 13.8. The summed E-state index contributed by atoms with van der Waals surface area (Å²) in [4.78, 5) is 33.8. The number of carbonyl (C=O) groups excluding carboxylic acids is 2. The molecule has 8 heteroatoms. The fraction of sp³-hybridized carbons (Fsp3) is 0.467. The van der Waals surface area contributed by atoms with Crippen LogP contribution in [0.3, 0.4) is 0 Å². The molecule has 124 valence electrons. The molecule has 1 aliphatic heterocycles. The van der Waals surface area contributed by atoms with Crippen molar-refractivity contribution in [2.45, 2.75) is 26.8 Å². The maximum Gasteiger partial charge on any atom is 0.326 e. The van der Waals surface area contributed by atoms with Crippen molar-refractivity contribution in [2.75, 3.05) is 20.1 Å². The molecule has 2 heterocycles. The molecule has 0 aliphatic carbocycles. The van der Waals surface area contributed by atoms with Gasteiger partial charge in [-0.15, -0.1) is 0 Å². The number of nitrogens with one attached hydrogen (secondary N) is 3. The summed E-state index contributed by atoms with van der Waals surface area (Å²) < 4.78 is 0. The first-order valence-electron chi connectivity index (χ1n) is 7.47. The third-order valence-electron chi connectivity index (χ3n) is 3.75. The Labute approximate surface area is 135 Å². The predicted octanol–water partition coefficient (Wildman–Crippen LogP) is 1.30. The first-order valence-corrected chi connectivity index (χ1v) is 7.47. The van der Waals surface area contributed by atoms with E-state index in [4.69, 9.17) is 5.41 Å². The quantitative estimate of drug-likeness (QED) is 0.575. The lowest BCUT2D eigenvalue weighted by molar-refractivity contribution is 0.0953. The lowest BCUT2D eigenvalue weighted by atomic mass is 10.2. The molecule has 23 heavy (non-hydrogen) atoms. The van der Waals surface area contributed by atoms with Crippen LogP contribution in [0.2, 0.25) is 0 Å². The van der Waals surface area contributed by atoms with Crippen molar-refractivity contribution in [3.05, 3.63) is 23.8 Å². The summed E-state index contributed by atoms with van der Waals surface area (Å²) in [5.74, 6) is 0.0400. The zero-order valence-corrected chi connectivity index (χ0v) is 13.8. The summed E-state index contributed by atoms with van der Waals surface area (Å²) in [5.41, 5.74) is 1.37. The van der Waals surface area contributed by atoms with Crippen molar-refractivity contribution >= 4 is 23.3 Å². The molecule has 1 saturated heterocycles. The highest BCUT2D eigenvalue weighted by atomic mass is 16.2. The summed E-state index contributed by atoms with van der Waals surface area (Å²) in [6.07, 6.45) is 3.14. The van der Waals surface area contributed by atoms with Gasteiger partial charge in [0.1, 0.15) is 5.84 Å². The molecule has 8 nitrogen and oxygen atoms in total. The Balaban J connectivity index is 2.12. The van der Waals surface area contributed by atoms with Crippen molar-refractivity contribution in [3.8, 4) is 0 Å². The number of urea groups is 1. The van der Waals surface area contributed by atoms with Crippen molar-refractivity contribution < 1.29 is 9.59 Å². The van der Waals surface area contributed by atoms with E-state index in [9.17, 15) is 9.59 Å². The van der Waals surface area contributed by atoms with Crippen LogP contribution >= 0.6 is 0 Å². The van der Waals surface area contributed by atoms with E-state index in [1.807, 2.05) is 13.8 Å². The molecule has 0 saturated carbocycles. The Hall–Kier alpha value is -2.64. The van der Waals surface area contributed by atoms with Crippen molar-refractivity contribution in [3.63, 3.8) is 0 Å². The number of aromatic nitrogens is 2. The molecule has 0 radical (unpaired) electrons. The van der Waals surface area contributed by atoms with Gasteiger partial charge >= 0.3 is 6.03 Å². The van der Waals surface area contributed by atoms with Crippen molar-refractivity contribution in [1.29, 1.82) is 5.41 Å². The standard InChI is InChI=1S/C15H22N6O2/c1-9(2)20-5-6-21(15(20)23)12(16)7-10(3)11-8-18-13(19-11)14(22)17-4/h7-9,16H,5-6H2,1-4H3,(H,17,22)(H,18,19)/b10-7-,16-12?. The third kappa shape index (κ3) is 3.41. The first kappa shape index (κ1) is 16.7. The number of carbonyl (C=O) groups is 2. The molecule has 1 aromatic rings. The minimum atomic E-state index is -0.304. The highest BCUT2D eigenvalue weighted by molar-refractivity contribution is 6.06. The van der Waals surface area contributed by atoms with E-state index in [1.165, 1.54) is 18.1 Å². The van der Waals surface area contributed by atoms with Crippen LogP contribution < -0.4 is 5.32 Å². The average Bonchev–Trinajstić information content (AvgIpc) is 3.12. The summed E-state index contributed by atoms with van der Waals surface area (Å²) >= 11 is 0. The third-order valence-corrected chi connectivity index (χ3v) is 3.75. The smallest absolute Gasteiger partial charge is 0.326 e. The van der Waals surface area contributed by atoms with Crippen LogP contribution in [0.4, 0.5) is 4.79 Å². The van der Waals surface area contributed by atoms with Crippen LogP contribution in [0.5, 0.6) is 0 Å². The minimum Gasteiger partial charge on any atom is -0.352 e. The molecule has 1 aromatic heterocycles. The highest BCUT2D eigenvalue weighted by Crippen LogP contribution is 2.16. The lowest BCUT2D eigenvalue weighted by Gasteiger charge is -2.21. The monoisotopic (exact) mass is 318 g/mol. The summed E-state index contributed by atoms with van der Waals surface area (Å²) in [5, 5.41) is 10.6. The number of imidazole rings is 1. The molecule has 3 N–H and O–H groups in total. The van der Waals surface area contributed by atoms with Gasteiger partial charge in [0.15, 0.2) is 5.82 Å². The second kappa shape index (κ2) is 6.64. The van der Waals surface area contributed by atoms with Crippen LogP contribution in [-0.4, -0.2) is 63.7 Å². The van der Waals surface area contributed by atoms with E-state index in [0.29, 0.717) is 18.8 Å². The second-order valence-corrected chi connectivity index (χ2v) is 5.66. The SMILES string of the molecule is CNC(=O)c1ncc(/C(C)=C\C(=N)N2CCN(C(C)C)C2=O)[nH]1. The fourth-order valence-corrected chi connectivity index (χ4v) is 2.37. The number of hydrogen-bond acceptors (Lipinski definition) is 4. The summed E-state index contributed by atoms with van der Waals surface area (Å²) in [7, 11) is 1.53. The topological polar surface area (TPSA) is 105 Å². The first-order chi connectivity index (χ1) is 10.8. The van der Waals surface area contributed by atoms with Crippen LogP contribution in [0, 0.1) is 5.41 Å². The number of aromatic amines is 1. The van der Waals surface area contributed by atoms with Gasteiger partial charge in [-0.25, -0.2) is 9.78 Å². The molecule has 3 amide bonds. The lowest BCUT2D eigenvalue weighted by Crippen LogP contribution is -2.38. The molecular formula is C15H22N6O2. The van der Waals surface area contributed by atoms with E-state index in [0.717, 1.165) is 5.57 Å². The van der Waals surface area contributed by atoms with Crippen molar-refractivity contribution in [2.24, 2.45) is 0 Å². The number of amidine groups is 1. The van der Waals surface area contributed by atoms with Gasteiger partial charge in [-0.1, -0.05) is 0 Å². The van der Waals surface area contributed by atoms with E-state index < -0.39 is 0 Å². The number of rotatable bonds is 4. The summed E-state index contributed by atoms with van der Waals surface area (Å²) in [6.45, 7) is 6.84. The van der Waals surface area contributed by atoms with Crippen LogP contribution in [0.25, 0.3) is 5.57 Å². The van der Waals surface area contributed by atoms with Crippen LogP contribution in [0.1, 0.15) is 37.1 Å². The van der Waals surface area contributed by atoms with Crippen molar-refractivity contribution in [1.82, 2.24) is 25.1 Å². The molecule has 0 atom stereocenters. The number of amides is 3. The van der Waals surface area contributed by atoms with Gasteiger partial charge in [-0.2, -0.15) is 0 Å². The van der Waals surface area contributed by atoms with Gasteiger partial charge in [0.2, 0.25) is 0 Å². The maximum atomic E-state index is 12.2. The number of nitrogens with zero attached hydrogens (tertiary/aromatic N) is 3. The van der Waals surface area contributed by atoms with Gasteiger partial charge in [-0.05, 0) is 32.4 Å². The average molecular weight is 318 g/mol. The Morgan fingerprint density at radius 3 is 2.74 bits per heavy atom. The van der Waals surface area contributed by atoms with Gasteiger partial charge in [-0.3, -0.25) is 15.1 Å². The Morgan fingerprint density at radius 2 is 2.17 bits per heavy atom. The number of hydrogen-bond donors (Lipinski definition) is 3. The molecule has 1 fully saturated rings. The molecule has 1 aliphatic rings. The Morgan fingerprint density at radius 1 is 1.48 bits per heavy atom. The number of H-pyrrole nitrogens is 1. The fourth-order valence-electron chi connectivity index (χ4n) is 2.37. The van der Waals surface area contributed by atoms with Crippen LogP contribution in [0.15, 0.2) is 12.3 Å². The number of allylic oxidation sites excluding steroid dienone is 1. The Kier molecular flexibility index (Phi) is 4.83. The van der Waals surface area contributed by atoms with E-state index in [1.54, 1.807) is 17.9 Å². The normalized spacial score (nSPS) is 15.5. The van der Waals surface area contributed by atoms with E-state index in [2.05, 4.69) is 15.3 Å². The zero-order chi connectivity index (χ0) is 17.1. The minimum absolute atomic E-state index is 0.119. The molecule has 0 unspecified atom stereocenters. The molecule has 2 rings (SSSR count). The molecule has 0 aromatic carbocycles. The highest BCUT2D eigenvalue weighted by Gasteiger charge is 2.31. The maximum absolute atomic E-state index is 12.2.